The first-order valence-corrected chi connectivity index (χ1v) is 13.8. The van der Waals surface area contributed by atoms with Crippen LogP contribution in [0.25, 0.3) is 0 Å². The molecule has 1 heterocycles. The number of nitrogens with zero attached hydrogens (tertiary/aromatic N) is 2. The number of alkyl halides is 3. The Morgan fingerprint density at radius 2 is 1.81 bits per heavy atom. The first-order valence-electron chi connectivity index (χ1n) is 13.4. The molecule has 230 valence electrons. The predicted octanol–water partition coefficient (Wildman–Crippen LogP) is 3.01. The molecule has 42 heavy (non-hydrogen) atoms. The molecule has 0 aromatic heterocycles. The first-order chi connectivity index (χ1) is 19.4. The maximum Gasteiger partial charge on any atom is 0.417 e. The van der Waals surface area contributed by atoms with Crippen LogP contribution in [0, 0.1) is 5.92 Å². The highest BCUT2D eigenvalue weighted by molar-refractivity contribution is 6.41. The Kier molecular flexibility index (Phi) is 14.6. The Morgan fingerprint density at radius 1 is 1.24 bits per heavy atom. The third-order valence-electron chi connectivity index (χ3n) is 6.31. The van der Waals surface area contributed by atoms with Crippen LogP contribution < -0.4 is 11.1 Å². The lowest BCUT2D eigenvalue weighted by Gasteiger charge is -2.37. The summed E-state index contributed by atoms with van der Waals surface area (Å²) >= 11 is 5.74. The van der Waals surface area contributed by atoms with E-state index in [-0.39, 0.29) is 35.9 Å². The minimum Gasteiger partial charge on any atom is -0.448 e. The number of amides is 2. The smallest absolute Gasteiger partial charge is 0.417 e. The Hall–Kier alpha value is -2.57. The van der Waals surface area contributed by atoms with E-state index in [2.05, 4.69) is 5.32 Å². The topological polar surface area (TPSA) is 122 Å². The van der Waals surface area contributed by atoms with Gasteiger partial charge in [0.05, 0.1) is 38.4 Å². The summed E-state index contributed by atoms with van der Waals surface area (Å²) in [5, 5.41) is -0.202. The summed E-state index contributed by atoms with van der Waals surface area (Å²) in [7, 11) is 15.8. The zero-order valence-electron chi connectivity index (χ0n) is 24.5. The lowest BCUT2D eigenvalue weighted by molar-refractivity contribution is -0.150. The molecule has 0 bridgehead atoms. The summed E-state index contributed by atoms with van der Waals surface area (Å²) in [5.74, 6) is -0.786. The fraction of sp³-hybridized carbons (Fsp3) is 0.630. The number of rotatable bonds is 10. The highest BCUT2D eigenvalue weighted by Gasteiger charge is 2.45. The van der Waals surface area contributed by atoms with Crippen LogP contribution in [0.15, 0.2) is 12.1 Å². The molecule has 9 nitrogen and oxygen atoms in total. The summed E-state index contributed by atoms with van der Waals surface area (Å²) in [6, 6.07) is -0.361. The highest BCUT2D eigenvalue weighted by atomic mass is 35.5. The molecule has 1 aromatic carbocycles. The Morgan fingerprint density at radius 3 is 2.24 bits per heavy atom. The second kappa shape index (κ2) is 16.3. The van der Waals surface area contributed by atoms with Gasteiger partial charge in [0.1, 0.15) is 19.1 Å². The van der Waals surface area contributed by atoms with E-state index in [0.29, 0.717) is 19.4 Å². The van der Waals surface area contributed by atoms with Crippen molar-refractivity contribution < 1.29 is 37.1 Å². The molecule has 1 aromatic rings. The summed E-state index contributed by atoms with van der Waals surface area (Å²) < 4.78 is 44.2. The SMILES string of the molecule is C1CC1.CC(C)C(N)C(=O)OCN(C)C.[B]C1([B])c2cc(Cl)c(C(F)(F)F)cc2C(C)N1C(=O)CCC(C=O)NC=O. The van der Waals surface area contributed by atoms with E-state index in [1.807, 2.05) is 27.9 Å². The van der Waals surface area contributed by atoms with E-state index < -0.39 is 46.1 Å². The number of nitrogens with two attached hydrogens (primary N) is 1. The molecule has 1 saturated carbocycles. The zero-order valence-corrected chi connectivity index (χ0v) is 25.3. The predicted molar refractivity (Wildman–Crippen MR) is 154 cm³/mol. The van der Waals surface area contributed by atoms with E-state index in [9.17, 15) is 32.3 Å². The van der Waals surface area contributed by atoms with Crippen LogP contribution in [0.1, 0.15) is 75.6 Å². The van der Waals surface area contributed by atoms with Gasteiger partial charge in [0.25, 0.3) is 0 Å². The molecule has 15 heteroatoms. The van der Waals surface area contributed by atoms with Crippen molar-refractivity contribution in [2.45, 2.75) is 82.5 Å². The molecule has 0 spiro atoms. The molecule has 1 aliphatic heterocycles. The minimum atomic E-state index is -4.67. The van der Waals surface area contributed by atoms with Gasteiger partial charge in [-0.25, -0.2) is 0 Å². The van der Waals surface area contributed by atoms with Crippen molar-refractivity contribution in [1.82, 2.24) is 15.1 Å². The molecular formula is C27H38B2ClF3N4O5. The van der Waals surface area contributed by atoms with Gasteiger partial charge in [-0.1, -0.05) is 44.7 Å². The second-order valence-corrected chi connectivity index (χ2v) is 11.2. The zero-order chi connectivity index (χ0) is 32.4. The number of esters is 1. The number of fused-ring (bicyclic) bond motifs is 1. The van der Waals surface area contributed by atoms with Crippen LogP contribution in [-0.2, 0) is 35.4 Å². The van der Waals surface area contributed by atoms with Crippen LogP contribution >= 0.6 is 11.6 Å². The number of hydrogen-bond donors (Lipinski definition) is 2. The van der Waals surface area contributed by atoms with E-state index in [0.717, 1.165) is 17.0 Å². The highest BCUT2D eigenvalue weighted by Crippen LogP contribution is 2.47. The quantitative estimate of drug-likeness (QED) is 0.180. The summed E-state index contributed by atoms with van der Waals surface area (Å²) in [5.41, 5.74) is 4.76. The number of nitrogens with one attached hydrogen (secondary N) is 1. The summed E-state index contributed by atoms with van der Waals surface area (Å²) in [6.45, 7) is 5.57. The van der Waals surface area contributed by atoms with Crippen LogP contribution in [0.5, 0.6) is 0 Å². The summed E-state index contributed by atoms with van der Waals surface area (Å²) in [6.07, 6.45) is 0.419. The van der Waals surface area contributed by atoms with Gasteiger partial charge in [0, 0.05) is 6.42 Å². The van der Waals surface area contributed by atoms with Crippen molar-refractivity contribution in [3.8, 4) is 0 Å². The van der Waals surface area contributed by atoms with Gasteiger partial charge in [-0.2, -0.15) is 13.2 Å². The maximum absolute atomic E-state index is 13.1. The standard InChI is InChI=1S/C16H14B2ClF3N2O3.C8H18N2O2.C3H6/c1-8-10-4-12(16(20,21)22)13(19)5-11(10)15(17,18)24(8)14(27)3-2-9(6-25)23-7-26;1-6(2)7(9)8(11)12-5-10(3)4;1-2-3-1/h4-9H,2-3H2,1H3,(H,23,26);6-7H,5,9H2,1-4H3;1-3H2. The van der Waals surface area contributed by atoms with E-state index in [4.69, 9.17) is 37.8 Å². The van der Waals surface area contributed by atoms with Crippen LogP contribution in [0.3, 0.4) is 0 Å². The number of carbonyl (C=O) groups excluding carboxylic acids is 4. The molecule has 2 amide bonds. The van der Waals surface area contributed by atoms with Gasteiger partial charge in [0.2, 0.25) is 12.3 Å². The Balaban J connectivity index is 0.000000485. The third-order valence-corrected chi connectivity index (χ3v) is 6.62. The van der Waals surface area contributed by atoms with Gasteiger partial charge in [-0.3, -0.25) is 19.3 Å². The monoisotopic (exact) mass is 612 g/mol. The molecule has 2 aliphatic rings. The van der Waals surface area contributed by atoms with Crippen molar-refractivity contribution in [3.05, 3.63) is 33.8 Å². The second-order valence-electron chi connectivity index (χ2n) is 10.8. The lowest BCUT2D eigenvalue weighted by Crippen LogP contribution is -2.47. The van der Waals surface area contributed by atoms with E-state index in [1.165, 1.54) is 26.2 Å². The molecule has 0 saturated heterocycles. The normalized spacial score (nSPS) is 18.0. The Labute approximate surface area is 252 Å². The third kappa shape index (κ3) is 10.9. The van der Waals surface area contributed by atoms with Crippen LogP contribution in [0.4, 0.5) is 13.2 Å². The fourth-order valence-corrected chi connectivity index (χ4v) is 4.02. The first kappa shape index (κ1) is 37.5. The number of carbonyl (C=O) groups is 4. The number of halogens is 4. The number of hydrogen-bond acceptors (Lipinski definition) is 7. The maximum atomic E-state index is 13.1. The van der Waals surface area contributed by atoms with Crippen molar-refractivity contribution in [2.24, 2.45) is 11.7 Å². The molecule has 1 fully saturated rings. The average molecular weight is 613 g/mol. The molecule has 1 aliphatic carbocycles. The van der Waals surface area contributed by atoms with Crippen molar-refractivity contribution in [3.63, 3.8) is 0 Å². The average Bonchev–Trinajstić information content (AvgIpc) is 3.76. The van der Waals surface area contributed by atoms with Gasteiger partial charge in [-0.15, -0.1) is 0 Å². The summed E-state index contributed by atoms with van der Waals surface area (Å²) in [4.78, 5) is 47.8. The molecule has 3 unspecified atom stereocenters. The van der Waals surface area contributed by atoms with Crippen LogP contribution in [-0.4, -0.2) is 83.0 Å². The van der Waals surface area contributed by atoms with Gasteiger partial charge < -0.3 is 25.5 Å². The molecule has 3 N–H and O–H groups in total. The lowest BCUT2D eigenvalue weighted by atomic mass is 9.58. The van der Waals surface area contributed by atoms with Crippen molar-refractivity contribution in [2.75, 3.05) is 20.8 Å². The number of benzene rings is 1. The minimum absolute atomic E-state index is 0.00865. The molecule has 3 rings (SSSR count). The van der Waals surface area contributed by atoms with Crippen molar-refractivity contribution >= 4 is 51.9 Å². The van der Waals surface area contributed by atoms with Gasteiger partial charge in [-0.05, 0) is 62.0 Å². The van der Waals surface area contributed by atoms with E-state index in [1.54, 1.807) is 4.90 Å². The fourth-order valence-electron chi connectivity index (χ4n) is 3.75. The number of aldehydes is 1. The van der Waals surface area contributed by atoms with Gasteiger partial charge in [0.15, 0.2) is 0 Å². The molecule has 4 radical (unpaired) electrons. The molecular weight excluding hydrogens is 574 g/mol. The van der Waals surface area contributed by atoms with E-state index >= 15 is 0 Å². The van der Waals surface area contributed by atoms with Crippen LogP contribution in [0.2, 0.25) is 5.02 Å². The Bertz CT molecular complexity index is 1090. The molecule has 3 atom stereocenters. The number of ether oxygens (including phenoxy) is 1. The van der Waals surface area contributed by atoms with Gasteiger partial charge >= 0.3 is 12.1 Å². The largest absolute Gasteiger partial charge is 0.448 e. The van der Waals surface area contributed by atoms with Crippen molar-refractivity contribution in [1.29, 1.82) is 0 Å².